The van der Waals surface area contributed by atoms with Crippen molar-refractivity contribution in [3.8, 4) is 5.69 Å². The van der Waals surface area contributed by atoms with Gasteiger partial charge in [-0.25, -0.2) is 9.36 Å². The van der Waals surface area contributed by atoms with Crippen LogP contribution in [-0.4, -0.2) is 14.3 Å². The maximum atomic E-state index is 12.7. The van der Waals surface area contributed by atoms with E-state index in [1.807, 2.05) is 0 Å². The second-order valence-electron chi connectivity index (χ2n) is 3.23. The minimum absolute atomic E-state index is 0.157. The van der Waals surface area contributed by atoms with Gasteiger partial charge in [-0.1, -0.05) is 18.2 Å². The van der Waals surface area contributed by atoms with Crippen LogP contribution >= 0.6 is 11.6 Å². The molecule has 0 N–H and O–H groups in total. The van der Waals surface area contributed by atoms with Crippen LogP contribution in [0.15, 0.2) is 35.1 Å². The third-order valence-electron chi connectivity index (χ3n) is 2.20. The van der Waals surface area contributed by atoms with E-state index in [1.165, 1.54) is 0 Å². The highest BCUT2D eigenvalue weighted by molar-refractivity contribution is 6.16. The predicted molar refractivity (Wildman–Crippen MR) is 58.6 cm³/mol. The van der Waals surface area contributed by atoms with Crippen molar-refractivity contribution in [3.05, 3.63) is 46.6 Å². The summed E-state index contributed by atoms with van der Waals surface area (Å²) in [7, 11) is 0. The van der Waals surface area contributed by atoms with E-state index in [-0.39, 0.29) is 16.3 Å². The molecule has 0 atom stereocenters. The van der Waals surface area contributed by atoms with Crippen molar-refractivity contribution in [3.63, 3.8) is 0 Å². The lowest BCUT2D eigenvalue weighted by Crippen LogP contribution is -2.24. The molecule has 0 unspecified atom stereocenters. The fourth-order valence-electron chi connectivity index (χ4n) is 1.44. The van der Waals surface area contributed by atoms with Crippen LogP contribution in [0.5, 0.6) is 0 Å². The van der Waals surface area contributed by atoms with Crippen molar-refractivity contribution in [2.24, 2.45) is 0 Å². The largest absolute Gasteiger partial charge is 0.355 e. The van der Waals surface area contributed by atoms with Gasteiger partial charge in [-0.05, 0) is 12.1 Å². The number of para-hydroxylation sites is 1. The van der Waals surface area contributed by atoms with Gasteiger partial charge < -0.3 is 0 Å². The molecule has 0 bridgehead atoms. The van der Waals surface area contributed by atoms with Crippen molar-refractivity contribution in [1.29, 1.82) is 0 Å². The van der Waals surface area contributed by atoms with Crippen molar-refractivity contribution < 1.29 is 8.78 Å². The maximum Gasteiger partial charge on any atom is 0.355 e. The lowest BCUT2D eigenvalue weighted by atomic mass is 10.3. The summed E-state index contributed by atoms with van der Waals surface area (Å²) in [6, 6.07) is 8.32. The average molecular weight is 260 g/mol. The molecular formula is C10H8ClF2N3O. The Hall–Kier alpha value is -1.69. The van der Waals surface area contributed by atoms with E-state index < -0.39 is 12.2 Å². The van der Waals surface area contributed by atoms with Crippen LogP contribution in [0.4, 0.5) is 8.78 Å². The summed E-state index contributed by atoms with van der Waals surface area (Å²) in [5.74, 6) is -0.408. The summed E-state index contributed by atoms with van der Waals surface area (Å²) in [6.07, 6.45) is 0. The lowest BCUT2D eigenvalue weighted by molar-refractivity contribution is 0.0637. The number of rotatable bonds is 3. The number of nitrogens with zero attached hydrogens (tertiary/aromatic N) is 3. The molecule has 0 radical (unpaired) electrons. The number of alkyl halides is 3. The highest BCUT2D eigenvalue weighted by Gasteiger charge is 2.19. The van der Waals surface area contributed by atoms with Gasteiger partial charge in [0.15, 0.2) is 5.82 Å². The smallest absolute Gasteiger partial charge is 0.245 e. The summed E-state index contributed by atoms with van der Waals surface area (Å²) in [4.78, 5) is 11.7. The number of hydrogen-bond acceptors (Lipinski definition) is 2. The lowest BCUT2D eigenvalue weighted by Gasteiger charge is -1.99. The summed E-state index contributed by atoms with van der Waals surface area (Å²) < 4.78 is 26.5. The van der Waals surface area contributed by atoms with Crippen LogP contribution in [0.2, 0.25) is 0 Å². The van der Waals surface area contributed by atoms with Gasteiger partial charge in [-0.15, -0.1) is 16.7 Å². The van der Waals surface area contributed by atoms with Gasteiger partial charge >= 0.3 is 12.2 Å². The molecule has 90 valence electrons. The zero-order valence-electron chi connectivity index (χ0n) is 8.55. The van der Waals surface area contributed by atoms with E-state index in [2.05, 4.69) is 5.10 Å². The van der Waals surface area contributed by atoms with Gasteiger partial charge in [0, 0.05) is 0 Å². The average Bonchev–Trinajstić information content (AvgIpc) is 2.67. The first-order chi connectivity index (χ1) is 8.15. The van der Waals surface area contributed by atoms with E-state index >= 15 is 0 Å². The molecule has 17 heavy (non-hydrogen) atoms. The topological polar surface area (TPSA) is 39.8 Å². The maximum absolute atomic E-state index is 12.7. The van der Waals surface area contributed by atoms with Crippen molar-refractivity contribution in [2.45, 2.75) is 12.4 Å². The Labute approximate surface area is 100 Å². The van der Waals surface area contributed by atoms with E-state index in [1.54, 1.807) is 30.3 Å². The molecule has 0 spiro atoms. The van der Waals surface area contributed by atoms with E-state index in [0.29, 0.717) is 5.69 Å². The van der Waals surface area contributed by atoms with E-state index in [0.717, 1.165) is 4.68 Å². The molecule has 1 heterocycles. The first-order valence-corrected chi connectivity index (χ1v) is 5.28. The summed E-state index contributed by atoms with van der Waals surface area (Å²) in [6.45, 7) is -2.95. The first-order valence-electron chi connectivity index (χ1n) is 4.75. The van der Waals surface area contributed by atoms with Crippen molar-refractivity contribution >= 4 is 11.6 Å². The SMILES string of the molecule is O=c1n(-c2ccccc2)nc(CCl)n1C(F)F. The molecule has 0 aliphatic carbocycles. The van der Waals surface area contributed by atoms with Gasteiger partial charge in [-0.2, -0.15) is 13.5 Å². The summed E-state index contributed by atoms with van der Waals surface area (Å²) in [5, 5.41) is 3.77. The molecule has 0 amide bonds. The number of halogens is 3. The molecule has 0 saturated carbocycles. The van der Waals surface area contributed by atoms with Crippen molar-refractivity contribution in [2.75, 3.05) is 0 Å². The molecular weight excluding hydrogens is 252 g/mol. The van der Waals surface area contributed by atoms with Crippen LogP contribution in [0, 0.1) is 0 Å². The molecule has 1 aromatic carbocycles. The predicted octanol–water partition coefficient (Wildman–Crippen LogP) is 2.17. The fourth-order valence-corrected chi connectivity index (χ4v) is 1.63. The highest BCUT2D eigenvalue weighted by atomic mass is 35.5. The Morgan fingerprint density at radius 2 is 1.94 bits per heavy atom. The van der Waals surface area contributed by atoms with Crippen LogP contribution in [0.3, 0.4) is 0 Å². The molecule has 0 aliphatic rings. The van der Waals surface area contributed by atoms with Gasteiger partial charge in [0.25, 0.3) is 0 Å². The molecule has 2 aromatic rings. The second kappa shape index (κ2) is 4.67. The van der Waals surface area contributed by atoms with Crippen LogP contribution in [-0.2, 0) is 5.88 Å². The van der Waals surface area contributed by atoms with Crippen LogP contribution < -0.4 is 5.69 Å². The van der Waals surface area contributed by atoms with Gasteiger partial charge in [0.1, 0.15) is 0 Å². The molecule has 0 aliphatic heterocycles. The zero-order chi connectivity index (χ0) is 12.4. The molecule has 1 aromatic heterocycles. The van der Waals surface area contributed by atoms with Gasteiger partial charge in [0.2, 0.25) is 0 Å². The summed E-state index contributed by atoms with van der Waals surface area (Å²) in [5.41, 5.74) is -0.481. The third-order valence-corrected chi connectivity index (χ3v) is 2.44. The molecule has 0 fully saturated rings. The van der Waals surface area contributed by atoms with Gasteiger partial charge in [0.05, 0.1) is 11.6 Å². The van der Waals surface area contributed by atoms with Crippen molar-refractivity contribution in [1.82, 2.24) is 14.3 Å². The fraction of sp³-hybridized carbons (Fsp3) is 0.200. The Balaban J connectivity index is 2.62. The second-order valence-corrected chi connectivity index (χ2v) is 3.49. The van der Waals surface area contributed by atoms with Crippen LogP contribution in [0.25, 0.3) is 5.69 Å². The Morgan fingerprint density at radius 1 is 1.29 bits per heavy atom. The zero-order valence-corrected chi connectivity index (χ0v) is 9.31. The molecule has 0 saturated heterocycles. The number of aromatic nitrogens is 3. The Bertz CT molecular complexity index is 565. The molecule has 4 nitrogen and oxygen atoms in total. The third kappa shape index (κ3) is 2.08. The number of hydrogen-bond donors (Lipinski definition) is 0. The molecule has 2 rings (SSSR count). The Kier molecular flexibility index (Phi) is 3.23. The van der Waals surface area contributed by atoms with Crippen LogP contribution in [0.1, 0.15) is 12.4 Å². The normalized spacial score (nSPS) is 11.1. The quantitative estimate of drug-likeness (QED) is 0.793. The van der Waals surface area contributed by atoms with Gasteiger partial charge in [-0.3, -0.25) is 0 Å². The van der Waals surface area contributed by atoms with E-state index in [9.17, 15) is 13.6 Å². The monoisotopic (exact) mass is 259 g/mol. The highest BCUT2D eigenvalue weighted by Crippen LogP contribution is 2.12. The number of benzene rings is 1. The first kappa shape index (κ1) is 11.8. The minimum Gasteiger partial charge on any atom is -0.245 e. The minimum atomic E-state index is -2.95. The Morgan fingerprint density at radius 3 is 2.41 bits per heavy atom. The van der Waals surface area contributed by atoms with E-state index in [4.69, 9.17) is 11.6 Å². The standard InChI is InChI=1S/C10H8ClF2N3O/c11-6-8-14-16(7-4-2-1-3-5-7)10(17)15(8)9(12)13/h1-5,9H,6H2. The summed E-state index contributed by atoms with van der Waals surface area (Å²) >= 11 is 5.48. The molecule has 7 heteroatoms.